The first-order valence-electron chi connectivity index (χ1n) is 10.3. The number of methoxy groups -OCH3 is 1. The Kier molecular flexibility index (Phi) is 8.80. The fourth-order valence-electron chi connectivity index (χ4n) is 2.85. The van der Waals surface area contributed by atoms with Gasteiger partial charge in [0.15, 0.2) is 6.61 Å². The lowest BCUT2D eigenvalue weighted by Gasteiger charge is -2.11. The highest BCUT2D eigenvalue weighted by Gasteiger charge is 2.31. The number of nitrogens with one attached hydrogen (secondary N) is 2. The van der Waals surface area contributed by atoms with Crippen molar-refractivity contribution in [2.75, 3.05) is 19.0 Å². The summed E-state index contributed by atoms with van der Waals surface area (Å²) in [5.41, 5.74) is 3.38. The van der Waals surface area contributed by atoms with Gasteiger partial charge < -0.3 is 24.6 Å². The molecule has 0 heterocycles. The fourth-order valence-corrected chi connectivity index (χ4v) is 3.03. The Hall–Kier alpha value is -4.45. The van der Waals surface area contributed by atoms with Crippen molar-refractivity contribution in [1.29, 1.82) is 0 Å². The Morgan fingerprint density at radius 2 is 1.76 bits per heavy atom. The topological polar surface area (TPSA) is 118 Å². The van der Waals surface area contributed by atoms with Crippen molar-refractivity contribution in [3.05, 3.63) is 76.8 Å². The van der Waals surface area contributed by atoms with E-state index in [0.717, 1.165) is 12.1 Å². The Labute approximate surface area is 213 Å². The number of hydrogen-bond acceptors (Lipinski definition) is 7. The van der Waals surface area contributed by atoms with Crippen molar-refractivity contribution in [3.63, 3.8) is 0 Å². The van der Waals surface area contributed by atoms with E-state index in [4.69, 9.17) is 21.1 Å². The van der Waals surface area contributed by atoms with Gasteiger partial charge in [-0.3, -0.25) is 9.59 Å². The van der Waals surface area contributed by atoms with Crippen LogP contribution < -0.4 is 25.0 Å². The van der Waals surface area contributed by atoms with Crippen LogP contribution in [0.25, 0.3) is 0 Å². The molecule has 0 spiro atoms. The highest BCUT2D eigenvalue weighted by molar-refractivity contribution is 6.32. The monoisotopic (exact) mass is 537 g/mol. The van der Waals surface area contributed by atoms with Crippen LogP contribution in [0.15, 0.2) is 65.8 Å². The van der Waals surface area contributed by atoms with Crippen molar-refractivity contribution in [1.82, 2.24) is 5.43 Å². The number of rotatable bonds is 9. The number of benzene rings is 3. The summed E-state index contributed by atoms with van der Waals surface area (Å²) in [6.45, 7) is -0.404. The van der Waals surface area contributed by atoms with E-state index in [0.29, 0.717) is 17.0 Å². The fraction of sp³-hybridized carbons (Fsp3) is 0.125. The van der Waals surface area contributed by atoms with Crippen molar-refractivity contribution < 1.29 is 42.1 Å². The molecule has 0 aliphatic rings. The Morgan fingerprint density at radius 1 is 1.05 bits per heavy atom. The number of hydrogen-bond donors (Lipinski definition) is 3. The SMILES string of the molecule is COc1cc(NC(=O)COc2ccc(OC(F)(F)F)cc2)ccc1/C=N/NC(=O)c1ccc(O)c(Cl)c1. The molecule has 0 saturated heterocycles. The maximum atomic E-state index is 12.2. The minimum atomic E-state index is -4.80. The first-order chi connectivity index (χ1) is 17.5. The summed E-state index contributed by atoms with van der Waals surface area (Å²) in [5, 5.41) is 15.9. The molecule has 9 nitrogen and oxygen atoms in total. The summed E-state index contributed by atoms with van der Waals surface area (Å²) in [7, 11) is 1.41. The summed E-state index contributed by atoms with van der Waals surface area (Å²) in [5.74, 6) is -1.14. The van der Waals surface area contributed by atoms with Crippen LogP contribution in [0.3, 0.4) is 0 Å². The van der Waals surface area contributed by atoms with Gasteiger partial charge in [0.1, 0.15) is 23.0 Å². The maximum absolute atomic E-state index is 12.2. The molecule has 3 aromatic carbocycles. The van der Waals surface area contributed by atoms with E-state index in [1.165, 1.54) is 49.7 Å². The predicted octanol–water partition coefficient (Wildman–Crippen LogP) is 4.73. The quantitative estimate of drug-likeness (QED) is 0.268. The average molecular weight is 538 g/mol. The van der Waals surface area contributed by atoms with Crippen LogP contribution in [-0.4, -0.2) is 43.2 Å². The van der Waals surface area contributed by atoms with Crippen molar-refractivity contribution in [2.24, 2.45) is 5.10 Å². The molecule has 2 amide bonds. The molecular weight excluding hydrogens is 519 g/mol. The molecule has 0 aliphatic heterocycles. The first kappa shape index (κ1) is 27.1. The normalized spacial score (nSPS) is 11.2. The molecular formula is C24H19ClF3N3O6. The van der Waals surface area contributed by atoms with Crippen LogP contribution >= 0.6 is 11.6 Å². The van der Waals surface area contributed by atoms with Gasteiger partial charge in [0, 0.05) is 22.9 Å². The highest BCUT2D eigenvalue weighted by atomic mass is 35.5. The lowest BCUT2D eigenvalue weighted by Crippen LogP contribution is -2.20. The second-order valence-corrected chi connectivity index (χ2v) is 7.59. The van der Waals surface area contributed by atoms with E-state index >= 15 is 0 Å². The third-order valence-corrected chi connectivity index (χ3v) is 4.83. The molecule has 0 unspecified atom stereocenters. The Bertz CT molecular complexity index is 1300. The van der Waals surface area contributed by atoms with E-state index < -0.39 is 30.5 Å². The zero-order valence-electron chi connectivity index (χ0n) is 19.0. The molecule has 13 heteroatoms. The van der Waals surface area contributed by atoms with Crippen molar-refractivity contribution in [3.8, 4) is 23.0 Å². The van der Waals surface area contributed by atoms with Crippen molar-refractivity contribution in [2.45, 2.75) is 6.36 Å². The Morgan fingerprint density at radius 3 is 2.41 bits per heavy atom. The summed E-state index contributed by atoms with van der Waals surface area (Å²) < 4.78 is 51.0. The van der Waals surface area contributed by atoms with Gasteiger partial charge in [0.25, 0.3) is 11.8 Å². The molecule has 0 atom stereocenters. The van der Waals surface area contributed by atoms with Gasteiger partial charge in [-0.05, 0) is 54.6 Å². The lowest BCUT2D eigenvalue weighted by atomic mass is 10.2. The molecule has 0 bridgehead atoms. The van der Waals surface area contributed by atoms with Crippen LogP contribution in [0.4, 0.5) is 18.9 Å². The van der Waals surface area contributed by atoms with Gasteiger partial charge in [-0.15, -0.1) is 13.2 Å². The summed E-state index contributed by atoms with van der Waals surface area (Å²) in [6.07, 6.45) is -3.47. The molecule has 0 radical (unpaired) electrons. The first-order valence-corrected chi connectivity index (χ1v) is 10.7. The van der Waals surface area contributed by atoms with E-state index in [2.05, 4.69) is 20.6 Å². The number of amides is 2. The molecule has 0 saturated carbocycles. The molecule has 194 valence electrons. The highest BCUT2D eigenvalue weighted by Crippen LogP contribution is 2.26. The number of anilines is 1. The second kappa shape index (κ2) is 12.0. The van der Waals surface area contributed by atoms with E-state index in [1.54, 1.807) is 12.1 Å². The standard InChI is InChI=1S/C24H19ClF3N3O6/c1-35-21-11-16(30-22(33)13-36-17-5-7-18(8-6-17)37-24(26,27)28)4-2-15(21)12-29-31-23(34)14-3-9-20(32)19(25)10-14/h2-12,32H,13H2,1H3,(H,30,33)(H,31,34)/b29-12+. The van der Waals surface area contributed by atoms with Crippen LogP contribution in [-0.2, 0) is 4.79 Å². The largest absolute Gasteiger partial charge is 0.573 e. The molecule has 0 aliphatic carbocycles. The molecule has 3 rings (SSSR count). The predicted molar refractivity (Wildman–Crippen MR) is 128 cm³/mol. The van der Waals surface area contributed by atoms with Gasteiger partial charge in [-0.1, -0.05) is 11.6 Å². The van der Waals surface area contributed by atoms with Crippen LogP contribution in [0.5, 0.6) is 23.0 Å². The zero-order valence-corrected chi connectivity index (χ0v) is 19.8. The number of carbonyl (C=O) groups excluding carboxylic acids is 2. The second-order valence-electron chi connectivity index (χ2n) is 7.18. The number of aromatic hydroxyl groups is 1. The van der Waals surface area contributed by atoms with Gasteiger partial charge in [-0.2, -0.15) is 5.10 Å². The lowest BCUT2D eigenvalue weighted by molar-refractivity contribution is -0.274. The van der Waals surface area contributed by atoms with Crippen LogP contribution in [0.1, 0.15) is 15.9 Å². The van der Waals surface area contributed by atoms with Crippen LogP contribution in [0.2, 0.25) is 5.02 Å². The number of phenolic OH excluding ortho intramolecular Hbond substituents is 1. The number of hydrazone groups is 1. The summed E-state index contributed by atoms with van der Waals surface area (Å²) in [4.78, 5) is 24.4. The number of nitrogens with zero attached hydrogens (tertiary/aromatic N) is 1. The number of phenols is 1. The summed E-state index contributed by atoms with van der Waals surface area (Å²) >= 11 is 5.79. The number of carbonyl (C=O) groups is 2. The van der Waals surface area contributed by atoms with Gasteiger partial charge >= 0.3 is 6.36 Å². The van der Waals surface area contributed by atoms with E-state index in [-0.39, 0.29) is 22.1 Å². The average Bonchev–Trinajstić information content (AvgIpc) is 2.85. The number of ether oxygens (including phenoxy) is 3. The van der Waals surface area contributed by atoms with Gasteiger partial charge in [0.05, 0.1) is 18.3 Å². The van der Waals surface area contributed by atoms with Gasteiger partial charge in [0.2, 0.25) is 0 Å². The Balaban J connectivity index is 1.54. The maximum Gasteiger partial charge on any atom is 0.573 e. The third kappa shape index (κ3) is 8.32. The molecule has 0 aromatic heterocycles. The third-order valence-electron chi connectivity index (χ3n) is 4.52. The zero-order chi connectivity index (χ0) is 27.0. The molecule has 3 aromatic rings. The van der Waals surface area contributed by atoms with E-state index in [1.807, 2.05) is 0 Å². The molecule has 3 N–H and O–H groups in total. The van der Waals surface area contributed by atoms with E-state index in [9.17, 15) is 27.9 Å². The van der Waals surface area contributed by atoms with Gasteiger partial charge in [-0.25, -0.2) is 5.43 Å². The smallest absolute Gasteiger partial charge is 0.506 e. The number of alkyl halides is 3. The van der Waals surface area contributed by atoms with Crippen LogP contribution in [0, 0.1) is 0 Å². The minimum absolute atomic E-state index is 0.0229. The van der Waals surface area contributed by atoms with Crippen molar-refractivity contribution >= 4 is 35.3 Å². The summed E-state index contributed by atoms with van der Waals surface area (Å²) in [6, 6.07) is 13.2. The molecule has 37 heavy (non-hydrogen) atoms. The molecule has 0 fully saturated rings. The minimum Gasteiger partial charge on any atom is -0.506 e. The number of halogens is 4.